The van der Waals surface area contributed by atoms with Crippen molar-refractivity contribution in [3.05, 3.63) is 64.6 Å². The van der Waals surface area contributed by atoms with Crippen molar-refractivity contribution >= 4 is 11.3 Å². The second kappa shape index (κ2) is 8.57. The van der Waals surface area contributed by atoms with Crippen molar-refractivity contribution < 1.29 is 4.74 Å². The molecule has 4 bridgehead atoms. The number of hydrogen-bond donors (Lipinski definition) is 2. The van der Waals surface area contributed by atoms with Gasteiger partial charge in [0.2, 0.25) is 0 Å². The quantitative estimate of drug-likeness (QED) is 0.570. The van der Waals surface area contributed by atoms with Crippen LogP contribution in [0.15, 0.2) is 46.9 Å². The highest BCUT2D eigenvalue weighted by Crippen LogP contribution is 2.54. The van der Waals surface area contributed by atoms with Gasteiger partial charge in [0.1, 0.15) is 11.5 Å². The molecule has 0 fully saturated rings. The maximum atomic E-state index is 5.87. The van der Waals surface area contributed by atoms with Crippen LogP contribution in [-0.2, 0) is 11.2 Å². The van der Waals surface area contributed by atoms with E-state index in [1.54, 1.807) is 7.11 Å². The number of aliphatic imine (C=N–C) groups is 1. The number of aryl methyl sites for hydroxylation is 1. The van der Waals surface area contributed by atoms with Crippen LogP contribution in [0.5, 0.6) is 0 Å². The molecule has 0 saturated carbocycles. The fourth-order valence-corrected chi connectivity index (χ4v) is 5.94. The van der Waals surface area contributed by atoms with Crippen LogP contribution >= 0.6 is 0 Å². The molecule has 6 rings (SSSR count). The zero-order valence-corrected chi connectivity index (χ0v) is 19.1. The van der Waals surface area contributed by atoms with Gasteiger partial charge in [-0.05, 0) is 60.8 Å². The molecular formula is C27H35N3O. The Balaban J connectivity index is 1.67. The second-order valence-electron chi connectivity index (χ2n) is 9.72. The van der Waals surface area contributed by atoms with Gasteiger partial charge in [-0.25, -0.2) is 4.99 Å². The summed E-state index contributed by atoms with van der Waals surface area (Å²) in [5.41, 5.74) is 8.64. The molecule has 0 spiro atoms. The van der Waals surface area contributed by atoms with E-state index in [1.165, 1.54) is 67.5 Å². The third-order valence-electron chi connectivity index (χ3n) is 7.35. The van der Waals surface area contributed by atoms with E-state index in [-0.39, 0.29) is 0 Å². The van der Waals surface area contributed by atoms with Crippen LogP contribution in [0, 0.1) is 11.8 Å². The molecule has 0 radical (unpaired) electrons. The Bertz CT molecular complexity index is 1020. The van der Waals surface area contributed by atoms with Crippen LogP contribution in [0.4, 0.5) is 0 Å². The molecule has 0 unspecified atom stereocenters. The minimum atomic E-state index is 0.497. The minimum Gasteiger partial charge on any atom is -0.494 e. The number of aromatic nitrogens is 2. The predicted octanol–water partition coefficient (Wildman–Crippen LogP) is 6.74. The Morgan fingerprint density at radius 1 is 1.10 bits per heavy atom. The Labute approximate surface area is 185 Å². The molecule has 164 valence electrons. The molecule has 4 heterocycles. The van der Waals surface area contributed by atoms with Gasteiger partial charge in [0.15, 0.2) is 0 Å². The van der Waals surface area contributed by atoms with E-state index >= 15 is 0 Å². The van der Waals surface area contributed by atoms with Gasteiger partial charge in [0.25, 0.3) is 0 Å². The molecule has 31 heavy (non-hydrogen) atoms. The van der Waals surface area contributed by atoms with Crippen molar-refractivity contribution in [2.75, 3.05) is 7.11 Å². The van der Waals surface area contributed by atoms with E-state index in [0.717, 1.165) is 29.3 Å². The van der Waals surface area contributed by atoms with Crippen LogP contribution < -0.4 is 0 Å². The maximum absolute atomic E-state index is 5.87. The van der Waals surface area contributed by atoms with Gasteiger partial charge in [-0.1, -0.05) is 46.0 Å². The number of hydrogen-bond acceptors (Lipinski definition) is 2. The van der Waals surface area contributed by atoms with Gasteiger partial charge in [-0.3, -0.25) is 0 Å². The average molecular weight is 418 g/mol. The van der Waals surface area contributed by atoms with Crippen LogP contribution in [0.3, 0.4) is 0 Å². The maximum Gasteiger partial charge on any atom is 0.147 e. The molecule has 4 heteroatoms. The average Bonchev–Trinajstić information content (AvgIpc) is 3.52. The molecule has 2 atom stereocenters. The number of ether oxygens (including phenoxy) is 1. The summed E-state index contributed by atoms with van der Waals surface area (Å²) in [4.78, 5) is 12.3. The van der Waals surface area contributed by atoms with E-state index in [1.807, 2.05) is 12.3 Å². The van der Waals surface area contributed by atoms with Crippen LogP contribution in [0.2, 0.25) is 0 Å². The topological polar surface area (TPSA) is 53.2 Å². The van der Waals surface area contributed by atoms with Gasteiger partial charge in [-0.15, -0.1) is 0 Å². The Morgan fingerprint density at radius 3 is 2.65 bits per heavy atom. The monoisotopic (exact) mass is 417 g/mol. The molecule has 0 saturated heterocycles. The van der Waals surface area contributed by atoms with Crippen LogP contribution in [0.25, 0.3) is 5.57 Å². The lowest BCUT2D eigenvalue weighted by molar-refractivity contribution is 0.301. The molecule has 2 aromatic rings. The third-order valence-corrected chi connectivity index (χ3v) is 7.35. The highest BCUT2D eigenvalue weighted by Gasteiger charge is 2.42. The first kappa shape index (κ1) is 20.4. The Hall–Kier alpha value is -2.49. The van der Waals surface area contributed by atoms with Gasteiger partial charge >= 0.3 is 0 Å². The molecule has 2 aromatic heterocycles. The molecule has 0 amide bonds. The molecule has 2 aliphatic carbocycles. The number of nitrogens with zero attached hydrogens (tertiary/aromatic N) is 1. The molecular weight excluding hydrogens is 382 g/mol. The second-order valence-corrected chi connectivity index (χ2v) is 9.72. The fraction of sp³-hybridized carbons (Fsp3) is 0.519. The summed E-state index contributed by atoms with van der Waals surface area (Å²) < 4.78 is 5.87. The van der Waals surface area contributed by atoms with Crippen molar-refractivity contribution in [1.82, 2.24) is 9.97 Å². The SMILES string of the molecule is COC1=CC(c2ccc[nH]2)=NC1=C1c2[nH]c3cc2[C@@H](C(C)C)[C@@H]1CCCCCCCC3. The van der Waals surface area contributed by atoms with Gasteiger partial charge < -0.3 is 14.7 Å². The Morgan fingerprint density at radius 2 is 1.90 bits per heavy atom. The summed E-state index contributed by atoms with van der Waals surface area (Å²) >= 11 is 0. The molecule has 4 nitrogen and oxygen atoms in total. The number of fused-ring (bicyclic) bond motifs is 7. The first-order valence-corrected chi connectivity index (χ1v) is 12.1. The van der Waals surface area contributed by atoms with E-state index < -0.39 is 0 Å². The highest BCUT2D eigenvalue weighted by atomic mass is 16.5. The lowest BCUT2D eigenvalue weighted by Crippen LogP contribution is -2.15. The summed E-state index contributed by atoms with van der Waals surface area (Å²) in [7, 11) is 1.77. The zero-order chi connectivity index (χ0) is 21.4. The highest BCUT2D eigenvalue weighted by molar-refractivity contribution is 6.11. The summed E-state index contributed by atoms with van der Waals surface area (Å²) in [5, 5.41) is 0. The van der Waals surface area contributed by atoms with Gasteiger partial charge in [-0.2, -0.15) is 0 Å². The molecule has 2 aliphatic heterocycles. The van der Waals surface area contributed by atoms with Crippen molar-refractivity contribution in [3.63, 3.8) is 0 Å². The molecule has 0 aromatic carbocycles. The number of aromatic amines is 2. The number of methoxy groups -OCH3 is 1. The predicted molar refractivity (Wildman–Crippen MR) is 127 cm³/mol. The van der Waals surface area contributed by atoms with Crippen molar-refractivity contribution in [3.8, 4) is 0 Å². The largest absolute Gasteiger partial charge is 0.494 e. The van der Waals surface area contributed by atoms with Crippen molar-refractivity contribution in [1.29, 1.82) is 0 Å². The first-order valence-electron chi connectivity index (χ1n) is 12.1. The number of allylic oxidation sites excluding steroid dienone is 2. The lowest BCUT2D eigenvalue weighted by atomic mass is 9.78. The smallest absolute Gasteiger partial charge is 0.147 e. The summed E-state index contributed by atoms with van der Waals surface area (Å²) in [6.07, 6.45) is 14.4. The van der Waals surface area contributed by atoms with E-state index in [9.17, 15) is 0 Å². The van der Waals surface area contributed by atoms with E-state index in [0.29, 0.717) is 17.8 Å². The summed E-state index contributed by atoms with van der Waals surface area (Å²) in [6.45, 7) is 4.77. The summed E-state index contributed by atoms with van der Waals surface area (Å²) in [5.74, 6) is 2.53. The zero-order valence-electron chi connectivity index (χ0n) is 19.1. The van der Waals surface area contributed by atoms with Crippen LogP contribution in [-0.4, -0.2) is 22.8 Å². The molecule has 4 aliphatic rings. The molecule has 2 N–H and O–H groups in total. The van der Waals surface area contributed by atoms with Crippen LogP contribution in [0.1, 0.15) is 87.4 Å². The summed E-state index contributed by atoms with van der Waals surface area (Å²) in [6, 6.07) is 6.57. The normalized spacial score (nSPS) is 26.5. The van der Waals surface area contributed by atoms with E-state index in [2.05, 4.69) is 42.0 Å². The Kier molecular flexibility index (Phi) is 5.64. The number of nitrogens with one attached hydrogen (secondary N) is 2. The third kappa shape index (κ3) is 3.71. The standard InChI is InChI=1S/C27H35N3O/c1-17(2)24-19-12-9-7-5-4-6-8-11-18-15-20(24)26(29-18)25(19)27-23(31-3)16-22(30-27)21-13-10-14-28-21/h10,13-17,19,24,28-29H,4-9,11-12H2,1-3H3/t19-,24-/m0/s1. The first-order chi connectivity index (χ1) is 15.2. The van der Waals surface area contributed by atoms with E-state index in [4.69, 9.17) is 9.73 Å². The van der Waals surface area contributed by atoms with Crippen molar-refractivity contribution in [2.45, 2.75) is 71.1 Å². The van der Waals surface area contributed by atoms with Gasteiger partial charge in [0.05, 0.1) is 18.5 Å². The minimum absolute atomic E-state index is 0.497. The number of rotatable bonds is 3. The van der Waals surface area contributed by atoms with Crippen molar-refractivity contribution in [2.24, 2.45) is 16.8 Å². The van der Waals surface area contributed by atoms with Gasteiger partial charge in [0, 0.05) is 29.2 Å². The number of H-pyrrole nitrogens is 2. The fourth-order valence-electron chi connectivity index (χ4n) is 5.94. The lowest BCUT2D eigenvalue weighted by Gasteiger charge is -2.26.